The lowest BCUT2D eigenvalue weighted by Crippen LogP contribution is -2.09. The Labute approximate surface area is 156 Å². The molecule has 0 unspecified atom stereocenters. The highest BCUT2D eigenvalue weighted by Crippen LogP contribution is 2.41. The van der Waals surface area contributed by atoms with Crippen molar-refractivity contribution in [2.45, 2.75) is 12.4 Å². The van der Waals surface area contributed by atoms with E-state index >= 15 is 0 Å². The topological polar surface area (TPSA) is 52.0 Å². The molecule has 8 heteroatoms. The molecule has 0 atom stereocenters. The predicted octanol–water partition coefficient (Wildman–Crippen LogP) is 6.22. The van der Waals surface area contributed by atoms with Gasteiger partial charge in [0.1, 0.15) is 0 Å². The van der Waals surface area contributed by atoms with Gasteiger partial charge in [0, 0.05) is 11.4 Å². The molecule has 0 bridgehead atoms. The van der Waals surface area contributed by atoms with Gasteiger partial charge in [-0.1, -0.05) is 30.3 Å². The van der Waals surface area contributed by atoms with Crippen LogP contribution in [0.2, 0.25) is 0 Å². The molecule has 0 heterocycles. The summed E-state index contributed by atoms with van der Waals surface area (Å²) in [5, 5.41) is 0. The number of hydrogen-bond acceptors (Lipinski definition) is 2. The smallest absolute Gasteiger partial charge is 0.399 e. The number of nitrogens with two attached hydrogens (primary N) is 2. The molecule has 0 aliphatic heterocycles. The van der Waals surface area contributed by atoms with Gasteiger partial charge in [0.25, 0.3) is 0 Å². The van der Waals surface area contributed by atoms with Gasteiger partial charge in [-0.15, -0.1) is 0 Å². The minimum atomic E-state index is -4.67. The summed E-state index contributed by atoms with van der Waals surface area (Å²) < 4.78 is 80.3. The minimum Gasteiger partial charge on any atom is -0.399 e. The molecule has 28 heavy (non-hydrogen) atoms. The average Bonchev–Trinajstić information content (AvgIpc) is 2.60. The molecule has 0 saturated carbocycles. The average molecular weight is 396 g/mol. The lowest BCUT2D eigenvalue weighted by atomic mass is 9.93. The highest BCUT2D eigenvalue weighted by Gasteiger charge is 2.35. The van der Waals surface area contributed by atoms with Gasteiger partial charge < -0.3 is 11.5 Å². The standard InChI is InChI=1S/C20H14F6N2/c21-19(22,23)17-9-13(27)4-6-15(17)11-2-1-3-12(8-11)16-7-5-14(28)10-18(16)20(24,25)26/h1-10H,27-28H2. The Balaban J connectivity index is 2.19. The molecule has 146 valence electrons. The Morgan fingerprint density at radius 3 is 1.29 bits per heavy atom. The summed E-state index contributed by atoms with van der Waals surface area (Å²) in [6.45, 7) is 0. The van der Waals surface area contributed by atoms with Crippen LogP contribution in [0.4, 0.5) is 37.7 Å². The lowest BCUT2D eigenvalue weighted by Gasteiger charge is -2.16. The molecule has 0 saturated heterocycles. The Kier molecular flexibility index (Phi) is 4.74. The van der Waals surface area contributed by atoms with E-state index in [1.807, 2.05) is 0 Å². The molecule has 0 aliphatic rings. The van der Waals surface area contributed by atoms with Crippen LogP contribution in [0.1, 0.15) is 11.1 Å². The maximum Gasteiger partial charge on any atom is 0.417 e. The summed E-state index contributed by atoms with van der Waals surface area (Å²) in [4.78, 5) is 0. The third-order valence-corrected chi connectivity index (χ3v) is 4.18. The summed E-state index contributed by atoms with van der Waals surface area (Å²) in [5.41, 5.74) is 8.78. The Morgan fingerprint density at radius 1 is 0.536 bits per heavy atom. The van der Waals surface area contributed by atoms with Gasteiger partial charge in [0.15, 0.2) is 0 Å². The highest BCUT2D eigenvalue weighted by atomic mass is 19.4. The van der Waals surface area contributed by atoms with Gasteiger partial charge in [-0.3, -0.25) is 0 Å². The molecule has 0 radical (unpaired) electrons. The Hall–Kier alpha value is -3.16. The molecular formula is C20H14F6N2. The van der Waals surface area contributed by atoms with Crippen molar-refractivity contribution in [1.82, 2.24) is 0 Å². The maximum absolute atomic E-state index is 13.4. The third-order valence-electron chi connectivity index (χ3n) is 4.18. The van der Waals surface area contributed by atoms with E-state index in [0.29, 0.717) is 0 Å². The maximum atomic E-state index is 13.4. The number of benzene rings is 3. The van der Waals surface area contributed by atoms with Crippen molar-refractivity contribution in [3.8, 4) is 22.3 Å². The molecule has 0 amide bonds. The third kappa shape index (κ3) is 3.90. The molecule has 0 aliphatic carbocycles. The molecule has 4 N–H and O–H groups in total. The summed E-state index contributed by atoms with van der Waals surface area (Å²) in [6, 6.07) is 12.1. The van der Waals surface area contributed by atoms with E-state index in [2.05, 4.69) is 0 Å². The number of nitrogen functional groups attached to an aromatic ring is 2. The summed E-state index contributed by atoms with van der Waals surface area (Å²) in [5.74, 6) is 0. The largest absolute Gasteiger partial charge is 0.417 e. The quantitative estimate of drug-likeness (QED) is 0.399. The van der Waals surface area contributed by atoms with Crippen molar-refractivity contribution >= 4 is 11.4 Å². The monoisotopic (exact) mass is 396 g/mol. The lowest BCUT2D eigenvalue weighted by molar-refractivity contribution is -0.137. The van der Waals surface area contributed by atoms with Crippen LogP contribution in [-0.2, 0) is 12.4 Å². The number of alkyl halides is 6. The summed E-state index contributed by atoms with van der Waals surface area (Å²) >= 11 is 0. The zero-order chi connectivity index (χ0) is 20.7. The number of anilines is 2. The first-order valence-corrected chi connectivity index (χ1v) is 8.01. The van der Waals surface area contributed by atoms with Crippen LogP contribution >= 0.6 is 0 Å². The van der Waals surface area contributed by atoms with E-state index < -0.39 is 23.5 Å². The molecule has 0 aromatic heterocycles. The fraction of sp³-hybridized carbons (Fsp3) is 0.100. The zero-order valence-corrected chi connectivity index (χ0v) is 14.2. The van der Waals surface area contributed by atoms with Crippen LogP contribution in [-0.4, -0.2) is 0 Å². The van der Waals surface area contributed by atoms with Crippen molar-refractivity contribution in [2.75, 3.05) is 11.5 Å². The van der Waals surface area contributed by atoms with Gasteiger partial charge in [-0.05, 0) is 52.6 Å². The molecule has 0 spiro atoms. The van der Waals surface area contributed by atoms with Crippen molar-refractivity contribution in [2.24, 2.45) is 0 Å². The van der Waals surface area contributed by atoms with Crippen molar-refractivity contribution in [1.29, 1.82) is 0 Å². The van der Waals surface area contributed by atoms with Crippen molar-refractivity contribution < 1.29 is 26.3 Å². The van der Waals surface area contributed by atoms with Crippen molar-refractivity contribution in [3.05, 3.63) is 71.8 Å². The fourth-order valence-electron chi connectivity index (χ4n) is 2.95. The van der Waals surface area contributed by atoms with E-state index in [0.717, 1.165) is 12.1 Å². The van der Waals surface area contributed by atoms with E-state index in [1.165, 1.54) is 48.5 Å². The van der Waals surface area contributed by atoms with Crippen LogP contribution in [0.3, 0.4) is 0 Å². The first kappa shape index (κ1) is 19.6. The van der Waals surface area contributed by atoms with Gasteiger partial charge >= 0.3 is 12.4 Å². The van der Waals surface area contributed by atoms with Crippen molar-refractivity contribution in [3.63, 3.8) is 0 Å². The second kappa shape index (κ2) is 6.78. The van der Waals surface area contributed by atoms with E-state index in [9.17, 15) is 26.3 Å². The normalized spacial score (nSPS) is 12.2. The predicted molar refractivity (Wildman–Crippen MR) is 96.1 cm³/mol. The summed E-state index contributed by atoms with van der Waals surface area (Å²) in [6.07, 6.45) is -9.34. The Morgan fingerprint density at radius 2 is 0.929 bits per heavy atom. The Bertz CT molecular complexity index is 943. The van der Waals surface area contributed by atoms with Gasteiger partial charge in [0.05, 0.1) is 11.1 Å². The first-order chi connectivity index (χ1) is 13.0. The van der Waals surface area contributed by atoms with Crippen LogP contribution in [0, 0.1) is 0 Å². The van der Waals surface area contributed by atoms with E-state index in [4.69, 9.17) is 11.5 Å². The number of rotatable bonds is 2. The first-order valence-electron chi connectivity index (χ1n) is 8.01. The molecule has 2 nitrogen and oxygen atoms in total. The highest BCUT2D eigenvalue weighted by molar-refractivity contribution is 5.78. The van der Waals surface area contributed by atoms with E-state index in [1.54, 1.807) is 0 Å². The van der Waals surface area contributed by atoms with Gasteiger partial charge in [-0.25, -0.2) is 0 Å². The molecule has 3 aromatic carbocycles. The minimum absolute atomic E-state index is 0.0647. The molecular weight excluding hydrogens is 382 g/mol. The summed E-state index contributed by atoms with van der Waals surface area (Å²) in [7, 11) is 0. The number of hydrogen-bond donors (Lipinski definition) is 2. The zero-order valence-electron chi connectivity index (χ0n) is 14.2. The van der Waals surface area contributed by atoms with Crippen LogP contribution in [0.25, 0.3) is 22.3 Å². The fourth-order valence-corrected chi connectivity index (χ4v) is 2.95. The second-order valence-electron chi connectivity index (χ2n) is 6.19. The van der Waals surface area contributed by atoms with Crippen LogP contribution in [0.5, 0.6) is 0 Å². The van der Waals surface area contributed by atoms with E-state index in [-0.39, 0.29) is 33.6 Å². The van der Waals surface area contributed by atoms with Gasteiger partial charge in [0.2, 0.25) is 0 Å². The van der Waals surface area contributed by atoms with Crippen LogP contribution in [0.15, 0.2) is 60.7 Å². The van der Waals surface area contributed by atoms with Gasteiger partial charge in [-0.2, -0.15) is 26.3 Å². The van der Waals surface area contributed by atoms with Crippen LogP contribution < -0.4 is 11.5 Å². The second-order valence-corrected chi connectivity index (χ2v) is 6.19. The number of halogens is 6. The SMILES string of the molecule is Nc1ccc(-c2cccc(-c3ccc(N)cc3C(F)(F)F)c2)c(C(F)(F)F)c1. The molecule has 0 fully saturated rings. The molecule has 3 rings (SSSR count). The molecule has 3 aromatic rings.